The van der Waals surface area contributed by atoms with Gasteiger partial charge in [0.15, 0.2) is 0 Å². The molecule has 3 aromatic carbocycles. The van der Waals surface area contributed by atoms with Crippen molar-refractivity contribution in [1.82, 2.24) is 4.90 Å². The number of rotatable bonds is 7. The molecule has 0 aliphatic carbocycles. The minimum absolute atomic E-state index is 0.0439. The minimum Gasteiger partial charge on any atom is -0.497 e. The molecule has 1 heterocycles. The van der Waals surface area contributed by atoms with Gasteiger partial charge in [0.2, 0.25) is 5.91 Å². The molecule has 0 spiro atoms. The molecule has 0 fully saturated rings. The summed E-state index contributed by atoms with van der Waals surface area (Å²) in [6, 6.07) is 19.8. The van der Waals surface area contributed by atoms with Crippen LogP contribution in [-0.4, -0.2) is 31.1 Å². The smallest absolute Gasteiger partial charge is 0.227 e. The molecule has 3 aromatic rings. The second-order valence-electron chi connectivity index (χ2n) is 7.76. The number of hydrogen-bond acceptors (Lipinski definition) is 4. The maximum absolute atomic E-state index is 13.3. The summed E-state index contributed by atoms with van der Waals surface area (Å²) in [5.41, 5.74) is 3.64. The van der Waals surface area contributed by atoms with Crippen LogP contribution in [0, 0.1) is 5.82 Å². The Labute approximate surface area is 187 Å². The van der Waals surface area contributed by atoms with Crippen molar-refractivity contribution < 1.29 is 23.4 Å². The molecule has 1 amide bonds. The van der Waals surface area contributed by atoms with E-state index in [0.29, 0.717) is 39.3 Å². The first-order valence-electron chi connectivity index (χ1n) is 10.6. The molecule has 32 heavy (non-hydrogen) atoms. The van der Waals surface area contributed by atoms with E-state index in [4.69, 9.17) is 14.2 Å². The quantitative estimate of drug-likeness (QED) is 0.548. The molecule has 5 nitrogen and oxygen atoms in total. The molecule has 1 aliphatic heterocycles. The lowest BCUT2D eigenvalue weighted by atomic mass is 10.1. The number of carbonyl (C=O) groups is 1. The number of halogens is 1. The van der Waals surface area contributed by atoms with Crippen LogP contribution in [0.2, 0.25) is 0 Å². The van der Waals surface area contributed by atoms with Crippen LogP contribution in [0.4, 0.5) is 4.39 Å². The third-order valence-corrected chi connectivity index (χ3v) is 5.37. The number of benzene rings is 3. The Balaban J connectivity index is 1.39. The summed E-state index contributed by atoms with van der Waals surface area (Å²) in [5, 5.41) is 0. The molecule has 166 valence electrons. The van der Waals surface area contributed by atoms with Crippen LogP contribution >= 0.6 is 0 Å². The van der Waals surface area contributed by atoms with Gasteiger partial charge in [0, 0.05) is 12.1 Å². The fourth-order valence-corrected chi connectivity index (χ4v) is 3.73. The Kier molecular flexibility index (Phi) is 7.02. The summed E-state index contributed by atoms with van der Waals surface area (Å²) < 4.78 is 30.2. The van der Waals surface area contributed by atoms with Crippen molar-refractivity contribution in [3.05, 3.63) is 94.8 Å². The lowest BCUT2D eigenvalue weighted by Gasteiger charge is -2.20. The van der Waals surface area contributed by atoms with Gasteiger partial charge in [0.25, 0.3) is 0 Å². The lowest BCUT2D eigenvalue weighted by Crippen LogP contribution is -2.33. The number of nitrogens with zero attached hydrogens (tertiary/aromatic N) is 1. The maximum atomic E-state index is 13.3. The fourth-order valence-electron chi connectivity index (χ4n) is 3.73. The Hall–Kier alpha value is -3.38. The van der Waals surface area contributed by atoms with E-state index >= 15 is 0 Å². The zero-order valence-corrected chi connectivity index (χ0v) is 18.1. The Morgan fingerprint density at radius 1 is 1.00 bits per heavy atom. The maximum Gasteiger partial charge on any atom is 0.227 e. The molecule has 0 bridgehead atoms. The van der Waals surface area contributed by atoms with Gasteiger partial charge in [-0.25, -0.2) is 4.39 Å². The van der Waals surface area contributed by atoms with Gasteiger partial charge in [-0.15, -0.1) is 0 Å². The van der Waals surface area contributed by atoms with E-state index < -0.39 is 0 Å². The molecule has 0 aromatic heterocycles. The SMILES string of the molecule is COc1cccc(CC(=O)N2CCOc3ccc(COCc4cccc(F)c4)cc3C2)c1. The average Bonchev–Trinajstić information content (AvgIpc) is 3.01. The number of methoxy groups -OCH3 is 1. The Bertz CT molecular complexity index is 1080. The molecule has 1 aliphatic rings. The lowest BCUT2D eigenvalue weighted by molar-refractivity contribution is -0.131. The third-order valence-electron chi connectivity index (χ3n) is 5.37. The van der Waals surface area contributed by atoms with Gasteiger partial charge >= 0.3 is 0 Å². The van der Waals surface area contributed by atoms with Gasteiger partial charge in [0.1, 0.15) is 23.9 Å². The van der Waals surface area contributed by atoms with Crippen LogP contribution in [0.1, 0.15) is 22.3 Å². The zero-order valence-electron chi connectivity index (χ0n) is 18.1. The highest BCUT2D eigenvalue weighted by Crippen LogP contribution is 2.25. The summed E-state index contributed by atoms with van der Waals surface area (Å²) in [5.74, 6) is 1.30. The van der Waals surface area contributed by atoms with E-state index in [1.165, 1.54) is 12.1 Å². The Morgan fingerprint density at radius 3 is 2.59 bits per heavy atom. The van der Waals surface area contributed by atoms with Crippen LogP contribution < -0.4 is 9.47 Å². The number of fused-ring (bicyclic) bond motifs is 1. The van der Waals surface area contributed by atoms with Crippen molar-refractivity contribution >= 4 is 5.91 Å². The number of hydrogen-bond donors (Lipinski definition) is 0. The van der Waals surface area contributed by atoms with Crippen molar-refractivity contribution in [2.24, 2.45) is 0 Å². The first-order valence-corrected chi connectivity index (χ1v) is 10.6. The highest BCUT2D eigenvalue weighted by atomic mass is 19.1. The molecule has 0 radical (unpaired) electrons. The van der Waals surface area contributed by atoms with Crippen molar-refractivity contribution in [2.45, 2.75) is 26.2 Å². The molecule has 0 N–H and O–H groups in total. The predicted molar refractivity (Wildman–Crippen MR) is 119 cm³/mol. The first-order chi connectivity index (χ1) is 15.6. The standard InChI is InChI=1S/C26H26FNO4/c1-30-24-7-3-4-19(14-24)15-26(29)28-10-11-32-25-9-8-21(12-22(25)16-28)18-31-17-20-5-2-6-23(27)13-20/h2-9,12-14H,10-11,15-18H2,1H3. The highest BCUT2D eigenvalue weighted by Gasteiger charge is 2.20. The average molecular weight is 435 g/mol. The molecular formula is C26H26FNO4. The summed E-state index contributed by atoms with van der Waals surface area (Å²) in [4.78, 5) is 14.8. The highest BCUT2D eigenvalue weighted by molar-refractivity contribution is 5.79. The van der Waals surface area contributed by atoms with E-state index in [9.17, 15) is 9.18 Å². The monoisotopic (exact) mass is 435 g/mol. The Morgan fingerprint density at radius 2 is 1.78 bits per heavy atom. The number of carbonyl (C=O) groups excluding carboxylic acids is 1. The summed E-state index contributed by atoms with van der Waals surface area (Å²) in [6.07, 6.45) is 0.309. The molecular weight excluding hydrogens is 409 g/mol. The number of amides is 1. The van der Waals surface area contributed by atoms with Crippen molar-refractivity contribution in [3.63, 3.8) is 0 Å². The topological polar surface area (TPSA) is 48.0 Å². The molecule has 6 heteroatoms. The van der Waals surface area contributed by atoms with E-state index in [1.54, 1.807) is 13.2 Å². The van der Waals surface area contributed by atoms with Crippen molar-refractivity contribution in [2.75, 3.05) is 20.3 Å². The van der Waals surface area contributed by atoms with Crippen LogP contribution in [-0.2, 0) is 35.7 Å². The first kappa shape index (κ1) is 21.8. The molecule has 0 saturated heterocycles. The molecule has 0 atom stereocenters. The summed E-state index contributed by atoms with van der Waals surface area (Å²) in [6.45, 7) is 2.18. The van der Waals surface area contributed by atoms with Crippen LogP contribution in [0.5, 0.6) is 11.5 Å². The van der Waals surface area contributed by atoms with Gasteiger partial charge < -0.3 is 19.1 Å². The second kappa shape index (κ2) is 10.3. The number of ether oxygens (including phenoxy) is 3. The zero-order chi connectivity index (χ0) is 22.3. The minimum atomic E-state index is -0.271. The van der Waals surface area contributed by atoms with Gasteiger partial charge in [-0.3, -0.25) is 4.79 Å². The normalized spacial score (nSPS) is 13.1. The predicted octanol–water partition coefficient (Wildman–Crippen LogP) is 4.51. The van der Waals surface area contributed by atoms with E-state index in [1.807, 2.05) is 53.4 Å². The molecule has 0 saturated carbocycles. The van der Waals surface area contributed by atoms with Crippen LogP contribution in [0.3, 0.4) is 0 Å². The molecule has 0 unspecified atom stereocenters. The molecule has 4 rings (SSSR count). The van der Waals surface area contributed by atoms with Crippen LogP contribution in [0.25, 0.3) is 0 Å². The fraction of sp³-hybridized carbons (Fsp3) is 0.269. The van der Waals surface area contributed by atoms with Gasteiger partial charge in [0.05, 0.1) is 33.3 Å². The van der Waals surface area contributed by atoms with Crippen molar-refractivity contribution in [3.8, 4) is 11.5 Å². The van der Waals surface area contributed by atoms with E-state index in [0.717, 1.165) is 33.8 Å². The van der Waals surface area contributed by atoms with Crippen LogP contribution in [0.15, 0.2) is 66.7 Å². The summed E-state index contributed by atoms with van der Waals surface area (Å²) in [7, 11) is 1.61. The van der Waals surface area contributed by atoms with E-state index in [-0.39, 0.29) is 11.7 Å². The largest absolute Gasteiger partial charge is 0.497 e. The van der Waals surface area contributed by atoms with Gasteiger partial charge in [-0.1, -0.05) is 30.3 Å². The van der Waals surface area contributed by atoms with Gasteiger partial charge in [-0.05, 0) is 53.1 Å². The van der Waals surface area contributed by atoms with E-state index in [2.05, 4.69) is 0 Å². The van der Waals surface area contributed by atoms with Gasteiger partial charge in [-0.2, -0.15) is 0 Å². The third kappa shape index (κ3) is 5.65. The summed E-state index contributed by atoms with van der Waals surface area (Å²) >= 11 is 0. The second-order valence-corrected chi connectivity index (χ2v) is 7.76. The van der Waals surface area contributed by atoms with Crippen molar-refractivity contribution in [1.29, 1.82) is 0 Å².